The summed E-state index contributed by atoms with van der Waals surface area (Å²) in [5.74, 6) is 1.92. The van der Waals surface area contributed by atoms with Gasteiger partial charge < -0.3 is 0 Å². The SMILES string of the molecule is [C-]#[N+]c1ccc(-c2ccc(-c3ccc4c5c(cccc35)C3(c5ccccc5-c5ccccc53)c3cc(-c5ccc(-c6nc(-c7ccccc7)nc(-c7ccccc7)n6)cc5)ccc3-4)cc2)cc1. The van der Waals surface area contributed by atoms with Crippen LogP contribution in [-0.4, -0.2) is 15.0 Å². The van der Waals surface area contributed by atoms with Crippen LogP contribution in [0.4, 0.5) is 5.69 Å². The Hall–Kier alpha value is -9.04. The molecule has 0 N–H and O–H groups in total. The summed E-state index contributed by atoms with van der Waals surface area (Å²) in [6.07, 6.45) is 0. The Labute approximate surface area is 389 Å². The summed E-state index contributed by atoms with van der Waals surface area (Å²) < 4.78 is 0. The van der Waals surface area contributed by atoms with Crippen LogP contribution in [0.1, 0.15) is 22.3 Å². The van der Waals surface area contributed by atoms with Gasteiger partial charge in [-0.25, -0.2) is 19.8 Å². The lowest BCUT2D eigenvalue weighted by Crippen LogP contribution is -2.32. The van der Waals surface area contributed by atoms with Gasteiger partial charge in [0.2, 0.25) is 0 Å². The molecule has 0 radical (unpaired) electrons. The minimum absolute atomic E-state index is 0.558. The molecule has 2 aliphatic rings. The highest BCUT2D eigenvalue weighted by atomic mass is 15.0. The normalized spacial score (nSPS) is 12.6. The monoisotopic (exact) mass is 850 g/mol. The second kappa shape index (κ2) is 15.3. The molecule has 0 amide bonds. The lowest BCUT2D eigenvalue weighted by Gasteiger charge is -2.40. The van der Waals surface area contributed by atoms with Crippen molar-refractivity contribution in [2.24, 2.45) is 0 Å². The fraction of sp³-hybridized carbons (Fsp3) is 0.0159. The van der Waals surface area contributed by atoms with Crippen LogP contribution in [-0.2, 0) is 5.41 Å². The van der Waals surface area contributed by atoms with Gasteiger partial charge in [-0.1, -0.05) is 224 Å². The standard InChI is InChI=1S/C63H38N4/c1-64-48-34-31-41(32-35-48)40-23-27-43(28-24-40)49-37-38-54-52-36-33-47(39-58(52)63(57-22-12-19-53(49)59(54)57)55-20-10-8-17-50(55)51-18-9-11-21-56(51)63)42-25-29-46(30-26-42)62-66-60(44-13-4-2-5-14-44)65-61(67-62)45-15-6-3-7-16-45/h2-39H. The van der Waals surface area contributed by atoms with E-state index in [2.05, 4.69) is 150 Å². The smallest absolute Gasteiger partial charge is 0.187 e. The van der Waals surface area contributed by atoms with Crippen molar-refractivity contribution in [3.63, 3.8) is 0 Å². The maximum atomic E-state index is 7.37. The number of benzene rings is 10. The highest BCUT2D eigenvalue weighted by molar-refractivity contribution is 6.12. The molecule has 0 bridgehead atoms. The van der Waals surface area contributed by atoms with E-state index in [0.717, 1.165) is 38.9 Å². The van der Waals surface area contributed by atoms with Crippen molar-refractivity contribution < 1.29 is 0 Å². The largest absolute Gasteiger partial charge is 0.238 e. The van der Waals surface area contributed by atoms with Crippen molar-refractivity contribution in [3.05, 3.63) is 264 Å². The van der Waals surface area contributed by atoms with Gasteiger partial charge in [0.05, 0.1) is 12.0 Å². The highest BCUT2D eigenvalue weighted by Gasteiger charge is 2.50. The highest BCUT2D eigenvalue weighted by Crippen LogP contribution is 2.62. The zero-order valence-corrected chi connectivity index (χ0v) is 36.2. The number of aromatic nitrogens is 3. The predicted molar refractivity (Wildman–Crippen MR) is 273 cm³/mol. The molecule has 1 heterocycles. The van der Waals surface area contributed by atoms with E-state index in [0.29, 0.717) is 23.2 Å². The third-order valence-electron chi connectivity index (χ3n) is 13.8. The Morgan fingerprint density at radius 1 is 0.299 bits per heavy atom. The molecule has 1 aromatic heterocycles. The van der Waals surface area contributed by atoms with Crippen molar-refractivity contribution in [1.82, 2.24) is 15.0 Å². The molecule has 0 fully saturated rings. The Kier molecular flexibility index (Phi) is 8.78. The van der Waals surface area contributed by atoms with E-state index in [1.165, 1.54) is 66.4 Å². The summed E-state index contributed by atoms with van der Waals surface area (Å²) in [7, 11) is 0. The molecule has 2 aliphatic carbocycles. The molecule has 0 saturated carbocycles. The van der Waals surface area contributed by atoms with Gasteiger partial charge >= 0.3 is 0 Å². The maximum Gasteiger partial charge on any atom is 0.187 e. The lowest BCUT2D eigenvalue weighted by atomic mass is 9.61. The van der Waals surface area contributed by atoms with Crippen molar-refractivity contribution in [1.29, 1.82) is 0 Å². The van der Waals surface area contributed by atoms with E-state index in [1.54, 1.807) is 0 Å². The summed E-state index contributed by atoms with van der Waals surface area (Å²) in [6, 6.07) is 82.3. The molecular formula is C63H38N4. The molecule has 0 aliphatic heterocycles. The molecule has 4 nitrogen and oxygen atoms in total. The van der Waals surface area contributed by atoms with Gasteiger partial charge in [0.1, 0.15) is 0 Å². The lowest BCUT2D eigenvalue weighted by molar-refractivity contribution is 0.774. The van der Waals surface area contributed by atoms with Crippen LogP contribution in [0.5, 0.6) is 0 Å². The van der Waals surface area contributed by atoms with Crippen LogP contribution in [0.3, 0.4) is 0 Å². The molecule has 67 heavy (non-hydrogen) atoms. The summed E-state index contributed by atoms with van der Waals surface area (Å²) in [5, 5.41) is 2.52. The molecule has 11 aromatic rings. The second-order valence-corrected chi connectivity index (χ2v) is 17.3. The summed E-state index contributed by atoms with van der Waals surface area (Å²) in [5.41, 5.74) is 20.0. The molecule has 4 heteroatoms. The quantitative estimate of drug-likeness (QED) is 0.157. The Balaban J connectivity index is 0.965. The number of hydrogen-bond donors (Lipinski definition) is 0. The van der Waals surface area contributed by atoms with E-state index in [1.807, 2.05) is 84.9 Å². The van der Waals surface area contributed by atoms with Crippen LogP contribution in [0, 0.1) is 6.57 Å². The van der Waals surface area contributed by atoms with Gasteiger partial charge in [0, 0.05) is 16.7 Å². The van der Waals surface area contributed by atoms with Gasteiger partial charge in [-0.2, -0.15) is 0 Å². The summed E-state index contributed by atoms with van der Waals surface area (Å²) in [6.45, 7) is 7.37. The first-order valence-corrected chi connectivity index (χ1v) is 22.6. The zero-order valence-electron chi connectivity index (χ0n) is 36.2. The van der Waals surface area contributed by atoms with Crippen LogP contribution in [0.25, 0.3) is 105 Å². The minimum atomic E-state index is -0.558. The fourth-order valence-corrected chi connectivity index (χ4v) is 10.7. The number of hydrogen-bond acceptors (Lipinski definition) is 3. The topological polar surface area (TPSA) is 43.0 Å². The Bertz CT molecular complexity index is 3670. The predicted octanol–water partition coefficient (Wildman–Crippen LogP) is 15.9. The summed E-state index contributed by atoms with van der Waals surface area (Å²) >= 11 is 0. The number of rotatable bonds is 6. The number of fused-ring (bicyclic) bond motifs is 9. The molecule has 10 aromatic carbocycles. The van der Waals surface area contributed by atoms with Crippen LogP contribution in [0.2, 0.25) is 0 Å². The molecule has 0 saturated heterocycles. The third kappa shape index (κ3) is 6.03. The minimum Gasteiger partial charge on any atom is -0.238 e. The van der Waals surface area contributed by atoms with Crippen molar-refractivity contribution >= 4 is 16.5 Å². The molecule has 310 valence electrons. The molecular weight excluding hydrogens is 813 g/mol. The third-order valence-corrected chi connectivity index (χ3v) is 13.8. The van der Waals surface area contributed by atoms with E-state index >= 15 is 0 Å². The van der Waals surface area contributed by atoms with E-state index in [9.17, 15) is 0 Å². The van der Waals surface area contributed by atoms with Crippen molar-refractivity contribution in [3.8, 4) is 89.8 Å². The van der Waals surface area contributed by atoms with E-state index < -0.39 is 5.41 Å². The first-order valence-electron chi connectivity index (χ1n) is 22.6. The van der Waals surface area contributed by atoms with Gasteiger partial charge in [0.15, 0.2) is 23.2 Å². The number of nitrogens with zero attached hydrogens (tertiary/aromatic N) is 4. The maximum absolute atomic E-state index is 7.37. The second-order valence-electron chi connectivity index (χ2n) is 17.3. The first-order chi connectivity index (χ1) is 33.2. The average Bonchev–Trinajstić information content (AvgIpc) is 3.71. The first kappa shape index (κ1) is 38.4. The van der Waals surface area contributed by atoms with Crippen LogP contribution in [0.15, 0.2) is 231 Å². The van der Waals surface area contributed by atoms with Crippen molar-refractivity contribution in [2.75, 3.05) is 0 Å². The molecule has 1 spiro atoms. The van der Waals surface area contributed by atoms with Gasteiger partial charge in [0.25, 0.3) is 0 Å². The fourth-order valence-electron chi connectivity index (χ4n) is 10.7. The Morgan fingerprint density at radius 2 is 0.716 bits per heavy atom. The average molecular weight is 851 g/mol. The van der Waals surface area contributed by atoms with Gasteiger partial charge in [-0.05, 0) is 94.7 Å². The zero-order chi connectivity index (χ0) is 44.5. The van der Waals surface area contributed by atoms with Gasteiger partial charge in [-0.15, -0.1) is 0 Å². The van der Waals surface area contributed by atoms with Crippen molar-refractivity contribution in [2.45, 2.75) is 5.41 Å². The molecule has 13 rings (SSSR count). The van der Waals surface area contributed by atoms with E-state index in [4.69, 9.17) is 21.5 Å². The van der Waals surface area contributed by atoms with E-state index in [-0.39, 0.29) is 0 Å². The van der Waals surface area contributed by atoms with Gasteiger partial charge in [-0.3, -0.25) is 0 Å². The molecule has 0 atom stereocenters. The van der Waals surface area contributed by atoms with Crippen LogP contribution < -0.4 is 0 Å². The Morgan fingerprint density at radius 3 is 1.30 bits per heavy atom. The van der Waals surface area contributed by atoms with Crippen LogP contribution >= 0.6 is 0 Å². The summed E-state index contributed by atoms with van der Waals surface area (Å²) in [4.78, 5) is 18.5. The molecule has 0 unspecified atom stereocenters.